The molecule has 1 saturated heterocycles. The highest BCUT2D eigenvalue weighted by molar-refractivity contribution is 5.95. The van der Waals surface area contributed by atoms with Crippen LogP contribution in [-0.2, 0) is 0 Å². The minimum atomic E-state index is -0.136. The maximum atomic E-state index is 12.6. The fraction of sp³-hybridized carbons (Fsp3) is 0.250. The van der Waals surface area contributed by atoms with E-state index in [2.05, 4.69) is 15.5 Å². The number of carbonyl (C=O) groups excluding carboxylic acids is 2. The van der Waals surface area contributed by atoms with Gasteiger partial charge in [0.1, 0.15) is 0 Å². The van der Waals surface area contributed by atoms with Crippen LogP contribution < -0.4 is 5.32 Å². The minimum Gasteiger partial charge on any atom is -0.459 e. The van der Waals surface area contributed by atoms with Gasteiger partial charge >= 0.3 is 0 Å². The van der Waals surface area contributed by atoms with Gasteiger partial charge in [0, 0.05) is 30.9 Å². The van der Waals surface area contributed by atoms with Crippen LogP contribution in [0.5, 0.6) is 0 Å². The van der Waals surface area contributed by atoms with Gasteiger partial charge in [-0.3, -0.25) is 14.7 Å². The van der Waals surface area contributed by atoms with Crippen molar-refractivity contribution in [1.29, 1.82) is 0 Å². The number of amides is 2. The lowest BCUT2D eigenvalue weighted by atomic mass is 10.0. The number of nitrogens with zero attached hydrogens (tertiary/aromatic N) is 2. The van der Waals surface area contributed by atoms with Crippen molar-refractivity contribution in [2.75, 3.05) is 13.1 Å². The molecule has 0 bridgehead atoms. The van der Waals surface area contributed by atoms with Crippen LogP contribution in [0.15, 0.2) is 59.3 Å². The summed E-state index contributed by atoms with van der Waals surface area (Å²) in [6.45, 7) is 1.16. The lowest BCUT2D eigenvalue weighted by molar-refractivity contribution is 0.0647. The van der Waals surface area contributed by atoms with E-state index in [9.17, 15) is 9.59 Å². The predicted molar refractivity (Wildman–Crippen MR) is 99.1 cm³/mol. The van der Waals surface area contributed by atoms with Crippen molar-refractivity contribution in [2.45, 2.75) is 18.9 Å². The Balaban J connectivity index is 1.38. The Bertz CT molecular complexity index is 901. The Morgan fingerprint density at radius 1 is 1.19 bits per heavy atom. The van der Waals surface area contributed by atoms with Gasteiger partial charge in [0.05, 0.1) is 12.0 Å². The highest BCUT2D eigenvalue weighted by atomic mass is 16.3. The zero-order chi connectivity index (χ0) is 18.6. The highest BCUT2D eigenvalue weighted by Crippen LogP contribution is 2.18. The Morgan fingerprint density at radius 3 is 2.74 bits per heavy atom. The lowest BCUT2D eigenvalue weighted by Gasteiger charge is -2.32. The zero-order valence-corrected chi connectivity index (χ0v) is 14.7. The predicted octanol–water partition coefficient (Wildman–Crippen LogP) is 2.70. The Labute approximate surface area is 156 Å². The number of aromatic amines is 1. The third kappa shape index (κ3) is 3.76. The molecule has 7 nitrogen and oxygen atoms in total. The molecule has 3 heterocycles. The zero-order valence-electron chi connectivity index (χ0n) is 14.7. The average molecular weight is 364 g/mol. The summed E-state index contributed by atoms with van der Waals surface area (Å²) < 4.78 is 5.19. The van der Waals surface area contributed by atoms with E-state index >= 15 is 0 Å². The second-order valence-electron chi connectivity index (χ2n) is 6.59. The van der Waals surface area contributed by atoms with Crippen molar-refractivity contribution in [1.82, 2.24) is 20.4 Å². The Morgan fingerprint density at radius 2 is 2.04 bits per heavy atom. The van der Waals surface area contributed by atoms with Crippen molar-refractivity contribution >= 4 is 11.8 Å². The summed E-state index contributed by atoms with van der Waals surface area (Å²) in [6, 6.07) is 12.5. The van der Waals surface area contributed by atoms with Gasteiger partial charge in [-0.05, 0) is 48.7 Å². The van der Waals surface area contributed by atoms with Gasteiger partial charge in [0.15, 0.2) is 5.76 Å². The largest absolute Gasteiger partial charge is 0.459 e. The molecule has 2 aromatic heterocycles. The second-order valence-corrected chi connectivity index (χ2v) is 6.59. The number of rotatable bonds is 4. The van der Waals surface area contributed by atoms with E-state index in [1.807, 2.05) is 18.2 Å². The Kier molecular flexibility index (Phi) is 4.74. The van der Waals surface area contributed by atoms with Crippen LogP contribution in [0.2, 0.25) is 0 Å². The van der Waals surface area contributed by atoms with Gasteiger partial charge in [-0.2, -0.15) is 5.10 Å². The first kappa shape index (κ1) is 17.1. The number of hydrogen-bond donors (Lipinski definition) is 2. The standard InChI is InChI=1S/C20H20N4O3/c25-19(15-7-5-14(6-8-15)17-9-10-21-23-17)22-16-3-1-11-24(13-16)20(26)18-4-2-12-27-18/h2,4-10,12,16H,1,3,11,13H2,(H,21,23)(H,22,25)/t16-/m1/s1. The molecular weight excluding hydrogens is 344 g/mol. The van der Waals surface area contributed by atoms with E-state index < -0.39 is 0 Å². The minimum absolute atomic E-state index is 0.0718. The van der Waals surface area contributed by atoms with Gasteiger partial charge < -0.3 is 14.6 Å². The first-order valence-electron chi connectivity index (χ1n) is 8.94. The first-order chi connectivity index (χ1) is 13.2. The number of piperidine rings is 1. The molecule has 2 N–H and O–H groups in total. The highest BCUT2D eigenvalue weighted by Gasteiger charge is 2.27. The molecule has 1 atom stereocenters. The molecule has 1 aliphatic rings. The van der Waals surface area contributed by atoms with Crippen molar-refractivity contribution in [3.8, 4) is 11.3 Å². The number of nitrogens with one attached hydrogen (secondary N) is 2. The topological polar surface area (TPSA) is 91.2 Å². The SMILES string of the molecule is O=C(N[C@@H]1CCCN(C(=O)c2ccco2)C1)c1ccc(-c2ccn[nH]2)cc1. The number of H-pyrrole nitrogens is 1. The van der Waals surface area contributed by atoms with Crippen molar-refractivity contribution < 1.29 is 14.0 Å². The quantitative estimate of drug-likeness (QED) is 0.745. The van der Waals surface area contributed by atoms with Crippen molar-refractivity contribution in [3.05, 3.63) is 66.2 Å². The molecule has 4 rings (SSSR count). The molecule has 0 aliphatic carbocycles. The fourth-order valence-electron chi connectivity index (χ4n) is 3.32. The van der Waals surface area contributed by atoms with Crippen LogP contribution in [0.4, 0.5) is 0 Å². The summed E-state index contributed by atoms with van der Waals surface area (Å²) in [5.74, 6) is 0.0580. The smallest absolute Gasteiger partial charge is 0.289 e. The number of benzene rings is 1. The van der Waals surface area contributed by atoms with E-state index in [4.69, 9.17) is 4.42 Å². The summed E-state index contributed by atoms with van der Waals surface area (Å²) in [6.07, 6.45) is 4.87. The van der Waals surface area contributed by atoms with E-state index in [-0.39, 0.29) is 17.9 Å². The molecule has 0 unspecified atom stereocenters. The van der Waals surface area contributed by atoms with Crippen LogP contribution in [0, 0.1) is 0 Å². The molecule has 1 fully saturated rings. The summed E-state index contributed by atoms with van der Waals surface area (Å²) in [7, 11) is 0. The molecular formula is C20H20N4O3. The lowest BCUT2D eigenvalue weighted by Crippen LogP contribution is -2.49. The second kappa shape index (κ2) is 7.49. The first-order valence-corrected chi connectivity index (χ1v) is 8.94. The molecule has 0 saturated carbocycles. The van der Waals surface area contributed by atoms with E-state index in [0.29, 0.717) is 24.4 Å². The third-order valence-electron chi connectivity index (χ3n) is 4.73. The number of furan rings is 1. The van der Waals surface area contributed by atoms with E-state index in [1.54, 1.807) is 35.4 Å². The maximum absolute atomic E-state index is 12.6. The molecule has 3 aromatic rings. The van der Waals surface area contributed by atoms with Crippen LogP contribution in [-0.4, -0.2) is 46.0 Å². The fourth-order valence-corrected chi connectivity index (χ4v) is 3.32. The van der Waals surface area contributed by atoms with Gasteiger partial charge in [0.2, 0.25) is 0 Å². The summed E-state index contributed by atoms with van der Waals surface area (Å²) in [5, 5.41) is 9.87. The van der Waals surface area contributed by atoms with Crippen LogP contribution in [0.1, 0.15) is 33.8 Å². The molecule has 0 spiro atoms. The molecule has 7 heteroatoms. The number of carbonyl (C=O) groups is 2. The number of hydrogen-bond acceptors (Lipinski definition) is 4. The van der Waals surface area contributed by atoms with Crippen LogP contribution in [0.25, 0.3) is 11.3 Å². The molecule has 1 aromatic carbocycles. The normalized spacial score (nSPS) is 16.9. The average Bonchev–Trinajstić information content (AvgIpc) is 3.42. The number of likely N-dealkylation sites (tertiary alicyclic amines) is 1. The Hall–Kier alpha value is -3.35. The van der Waals surface area contributed by atoms with E-state index in [0.717, 1.165) is 24.1 Å². The van der Waals surface area contributed by atoms with Gasteiger partial charge in [-0.1, -0.05) is 12.1 Å². The maximum Gasteiger partial charge on any atom is 0.289 e. The molecule has 1 aliphatic heterocycles. The summed E-state index contributed by atoms with van der Waals surface area (Å²) in [5.41, 5.74) is 2.46. The molecule has 2 amide bonds. The number of aromatic nitrogens is 2. The van der Waals surface area contributed by atoms with Crippen molar-refractivity contribution in [2.24, 2.45) is 0 Å². The van der Waals surface area contributed by atoms with Crippen molar-refractivity contribution in [3.63, 3.8) is 0 Å². The molecule has 0 radical (unpaired) electrons. The van der Waals surface area contributed by atoms with Crippen LogP contribution in [0.3, 0.4) is 0 Å². The summed E-state index contributed by atoms with van der Waals surface area (Å²) >= 11 is 0. The third-order valence-corrected chi connectivity index (χ3v) is 4.73. The van der Waals surface area contributed by atoms with Gasteiger partial charge in [-0.15, -0.1) is 0 Å². The van der Waals surface area contributed by atoms with Gasteiger partial charge in [-0.25, -0.2) is 0 Å². The summed E-state index contributed by atoms with van der Waals surface area (Å²) in [4.78, 5) is 26.7. The monoisotopic (exact) mass is 364 g/mol. The molecule has 27 heavy (non-hydrogen) atoms. The van der Waals surface area contributed by atoms with Crippen LogP contribution >= 0.6 is 0 Å². The molecule has 138 valence electrons. The van der Waals surface area contributed by atoms with Gasteiger partial charge in [0.25, 0.3) is 11.8 Å². The van der Waals surface area contributed by atoms with E-state index in [1.165, 1.54) is 6.26 Å².